The molecule has 0 fully saturated rings. The summed E-state index contributed by atoms with van der Waals surface area (Å²) < 4.78 is 0. The molecule has 2 rings (SSSR count). The van der Waals surface area contributed by atoms with Crippen LogP contribution in [0.25, 0.3) is 11.1 Å². The lowest BCUT2D eigenvalue weighted by Crippen LogP contribution is -1.87. The molecule has 78 valence electrons. The van der Waals surface area contributed by atoms with Gasteiger partial charge >= 0.3 is 0 Å². The molecule has 1 aromatic carbocycles. The van der Waals surface area contributed by atoms with Gasteiger partial charge in [0.1, 0.15) is 6.07 Å². The van der Waals surface area contributed by atoms with Gasteiger partial charge in [-0.3, -0.25) is 0 Å². The quantitative estimate of drug-likeness (QED) is 0.748. The summed E-state index contributed by atoms with van der Waals surface area (Å²) in [5.41, 5.74) is 3.29. The van der Waals surface area contributed by atoms with Gasteiger partial charge in [-0.2, -0.15) is 5.26 Å². The van der Waals surface area contributed by atoms with Crippen molar-refractivity contribution in [3.05, 3.63) is 52.8 Å². The highest BCUT2D eigenvalue weighted by Gasteiger charge is 2.08. The smallest absolute Gasteiger partial charge is 0.159 e. The summed E-state index contributed by atoms with van der Waals surface area (Å²) in [6.07, 6.45) is 1.60. The fraction of sp³-hybridized carbons (Fsp3) is 0.0769. The zero-order valence-electron chi connectivity index (χ0n) is 8.74. The molecule has 0 aliphatic rings. The largest absolute Gasteiger partial charge is 0.244 e. The Balaban J connectivity index is 2.57. The van der Waals surface area contributed by atoms with Crippen molar-refractivity contribution in [3.63, 3.8) is 0 Å². The fourth-order valence-corrected chi connectivity index (χ4v) is 1.74. The van der Waals surface area contributed by atoms with Crippen LogP contribution in [-0.4, -0.2) is 4.98 Å². The van der Waals surface area contributed by atoms with E-state index in [1.807, 2.05) is 43.3 Å². The normalized spacial score (nSPS) is 9.81. The Hall–Kier alpha value is -1.85. The van der Waals surface area contributed by atoms with Crippen LogP contribution in [0.1, 0.15) is 11.3 Å². The van der Waals surface area contributed by atoms with Crippen LogP contribution >= 0.6 is 11.6 Å². The summed E-state index contributed by atoms with van der Waals surface area (Å²) in [6, 6.07) is 11.8. The van der Waals surface area contributed by atoms with E-state index in [0.717, 1.165) is 11.1 Å². The van der Waals surface area contributed by atoms with E-state index in [1.165, 1.54) is 5.56 Å². The highest BCUT2D eigenvalue weighted by atomic mass is 35.5. The fourth-order valence-electron chi connectivity index (χ4n) is 1.48. The first kappa shape index (κ1) is 10.7. The molecule has 0 aliphatic heterocycles. The molecule has 0 spiro atoms. The maximum Gasteiger partial charge on any atom is 0.159 e. The van der Waals surface area contributed by atoms with Crippen molar-refractivity contribution in [3.8, 4) is 17.2 Å². The van der Waals surface area contributed by atoms with Gasteiger partial charge in [0.15, 0.2) is 5.69 Å². The zero-order valence-corrected chi connectivity index (χ0v) is 9.49. The van der Waals surface area contributed by atoms with E-state index >= 15 is 0 Å². The minimum atomic E-state index is 0.264. The van der Waals surface area contributed by atoms with E-state index in [9.17, 15) is 0 Å². The lowest BCUT2D eigenvalue weighted by atomic mass is 10.0. The van der Waals surface area contributed by atoms with Crippen LogP contribution in [0.3, 0.4) is 0 Å². The van der Waals surface area contributed by atoms with Gasteiger partial charge in [-0.1, -0.05) is 41.4 Å². The molecule has 16 heavy (non-hydrogen) atoms. The van der Waals surface area contributed by atoms with Gasteiger partial charge in [0.25, 0.3) is 0 Å². The number of nitriles is 1. The van der Waals surface area contributed by atoms with Crippen LogP contribution in [0, 0.1) is 18.3 Å². The number of aryl methyl sites for hydroxylation is 1. The second kappa shape index (κ2) is 4.34. The third-order valence-electron chi connectivity index (χ3n) is 2.36. The van der Waals surface area contributed by atoms with Crippen LogP contribution in [0.5, 0.6) is 0 Å². The number of rotatable bonds is 1. The summed E-state index contributed by atoms with van der Waals surface area (Å²) in [7, 11) is 0. The van der Waals surface area contributed by atoms with Gasteiger partial charge in [-0.15, -0.1) is 0 Å². The molecule has 0 N–H and O–H groups in total. The number of nitrogens with zero attached hydrogens (tertiary/aromatic N) is 2. The Morgan fingerprint density at radius 3 is 2.50 bits per heavy atom. The summed E-state index contributed by atoms with van der Waals surface area (Å²) in [5, 5.41) is 9.25. The highest BCUT2D eigenvalue weighted by molar-refractivity contribution is 6.34. The molecule has 0 radical (unpaired) electrons. The Labute approximate surface area is 99.1 Å². The van der Waals surface area contributed by atoms with Crippen LogP contribution in [0.4, 0.5) is 0 Å². The molecule has 0 bridgehead atoms. The number of hydrogen-bond acceptors (Lipinski definition) is 2. The molecule has 0 aliphatic carbocycles. The number of benzene rings is 1. The number of hydrogen-bond donors (Lipinski definition) is 0. The molecular weight excluding hydrogens is 220 g/mol. The van der Waals surface area contributed by atoms with Crippen molar-refractivity contribution in [1.82, 2.24) is 4.98 Å². The first-order valence-electron chi connectivity index (χ1n) is 4.84. The van der Waals surface area contributed by atoms with Gasteiger partial charge < -0.3 is 0 Å². The van der Waals surface area contributed by atoms with Gasteiger partial charge in [-0.05, 0) is 18.6 Å². The lowest BCUT2D eigenvalue weighted by Gasteiger charge is -2.05. The van der Waals surface area contributed by atoms with Crippen molar-refractivity contribution in [1.29, 1.82) is 5.26 Å². The lowest BCUT2D eigenvalue weighted by molar-refractivity contribution is 1.26. The molecule has 0 saturated carbocycles. The molecule has 0 amide bonds. The molecule has 3 heteroatoms. The molecule has 1 aromatic heterocycles. The van der Waals surface area contributed by atoms with E-state index < -0.39 is 0 Å². The summed E-state index contributed by atoms with van der Waals surface area (Å²) in [4.78, 5) is 3.91. The number of aromatic nitrogens is 1. The maximum absolute atomic E-state index is 8.84. The van der Waals surface area contributed by atoms with Crippen LogP contribution in [0.2, 0.25) is 5.02 Å². The Kier molecular flexibility index (Phi) is 2.89. The molecule has 0 atom stereocenters. The van der Waals surface area contributed by atoms with Gasteiger partial charge in [0.05, 0.1) is 5.02 Å². The summed E-state index contributed by atoms with van der Waals surface area (Å²) in [6.45, 7) is 2.03. The molecule has 0 unspecified atom stereocenters. The summed E-state index contributed by atoms with van der Waals surface area (Å²) in [5.74, 6) is 0. The van der Waals surface area contributed by atoms with E-state index in [-0.39, 0.29) is 5.69 Å². The van der Waals surface area contributed by atoms with Gasteiger partial charge in [0.2, 0.25) is 0 Å². The maximum atomic E-state index is 8.84. The third-order valence-corrected chi connectivity index (χ3v) is 2.74. The monoisotopic (exact) mass is 228 g/mol. The van der Waals surface area contributed by atoms with Gasteiger partial charge in [0, 0.05) is 11.8 Å². The first-order valence-corrected chi connectivity index (χ1v) is 5.22. The predicted octanol–water partition coefficient (Wildman–Crippen LogP) is 3.58. The molecule has 2 nitrogen and oxygen atoms in total. The van der Waals surface area contributed by atoms with Crippen LogP contribution < -0.4 is 0 Å². The molecule has 0 saturated heterocycles. The van der Waals surface area contributed by atoms with Crippen molar-refractivity contribution < 1.29 is 0 Å². The predicted molar refractivity (Wildman–Crippen MR) is 64.1 cm³/mol. The molecule has 1 heterocycles. The van der Waals surface area contributed by atoms with Crippen molar-refractivity contribution in [2.24, 2.45) is 0 Å². The average Bonchev–Trinajstić information content (AvgIpc) is 2.31. The molecular formula is C13H9ClN2. The van der Waals surface area contributed by atoms with Crippen LogP contribution in [0.15, 0.2) is 36.5 Å². The van der Waals surface area contributed by atoms with Gasteiger partial charge in [-0.25, -0.2) is 4.98 Å². The van der Waals surface area contributed by atoms with E-state index in [4.69, 9.17) is 16.9 Å². The molecule has 2 aromatic rings. The zero-order chi connectivity index (χ0) is 11.5. The van der Waals surface area contributed by atoms with Crippen molar-refractivity contribution in [2.45, 2.75) is 6.92 Å². The van der Waals surface area contributed by atoms with Crippen molar-refractivity contribution >= 4 is 11.6 Å². The average molecular weight is 229 g/mol. The minimum Gasteiger partial charge on any atom is -0.244 e. The van der Waals surface area contributed by atoms with E-state index in [1.54, 1.807) is 6.20 Å². The van der Waals surface area contributed by atoms with E-state index in [0.29, 0.717) is 5.02 Å². The number of halogens is 1. The highest BCUT2D eigenvalue weighted by Crippen LogP contribution is 2.29. The topological polar surface area (TPSA) is 36.7 Å². The van der Waals surface area contributed by atoms with Crippen molar-refractivity contribution in [2.75, 3.05) is 0 Å². The Bertz CT molecular complexity index is 553. The summed E-state index contributed by atoms with van der Waals surface area (Å²) >= 11 is 6.10. The number of pyridine rings is 1. The second-order valence-corrected chi connectivity index (χ2v) is 3.88. The Morgan fingerprint density at radius 2 is 1.88 bits per heavy atom. The minimum absolute atomic E-state index is 0.264. The Morgan fingerprint density at radius 1 is 1.19 bits per heavy atom. The second-order valence-electron chi connectivity index (χ2n) is 3.50. The SMILES string of the molecule is Cc1ccc(-c2ccnc(C#N)c2Cl)cc1. The standard InChI is InChI=1S/C13H9ClN2/c1-9-2-4-10(5-3-9)11-6-7-16-12(8-15)13(11)14/h2-7H,1H3. The first-order chi connectivity index (χ1) is 7.72. The van der Waals surface area contributed by atoms with Crippen LogP contribution in [-0.2, 0) is 0 Å². The third kappa shape index (κ3) is 1.91. The van der Waals surface area contributed by atoms with E-state index in [2.05, 4.69) is 4.98 Å².